The summed E-state index contributed by atoms with van der Waals surface area (Å²) < 4.78 is 15.8. The van der Waals surface area contributed by atoms with E-state index in [0.29, 0.717) is 25.9 Å². The lowest BCUT2D eigenvalue weighted by Gasteiger charge is -2.25. The molecule has 124 valence electrons. The Morgan fingerprint density at radius 3 is 2.19 bits per heavy atom. The molecule has 0 aliphatic rings. The maximum atomic E-state index is 9.23. The Morgan fingerprint density at radius 1 is 1.00 bits per heavy atom. The maximum Gasteiger partial charge on any atom is 0.104 e. The van der Waals surface area contributed by atoms with Gasteiger partial charge >= 0.3 is 0 Å². The predicted octanol–water partition coefficient (Wildman–Crippen LogP) is 2.51. The molecule has 0 heterocycles. The molecule has 1 atom stereocenters. The van der Waals surface area contributed by atoms with Gasteiger partial charge in [0.25, 0.3) is 0 Å². The fraction of sp³-hybridized carbons (Fsp3) is 0.938. The van der Waals surface area contributed by atoms with Gasteiger partial charge in [-0.1, -0.05) is 0 Å². The molecule has 0 spiro atoms. The second kappa shape index (κ2) is 13.0. The van der Waals surface area contributed by atoms with Gasteiger partial charge in [0.1, 0.15) is 5.54 Å². The van der Waals surface area contributed by atoms with Gasteiger partial charge in [-0.3, -0.25) is 5.32 Å². The average molecular weight is 300 g/mol. The van der Waals surface area contributed by atoms with Crippen LogP contribution in [0, 0.1) is 11.3 Å². The summed E-state index contributed by atoms with van der Waals surface area (Å²) in [5.74, 6) is 0. The number of nitrogens with one attached hydrogen (secondary N) is 1. The normalized spacial score (nSPS) is 14.1. The van der Waals surface area contributed by atoms with Crippen molar-refractivity contribution >= 4 is 0 Å². The number of methoxy groups -OCH3 is 1. The van der Waals surface area contributed by atoms with Crippen molar-refractivity contribution in [1.82, 2.24) is 5.32 Å². The van der Waals surface area contributed by atoms with Gasteiger partial charge in [-0.2, -0.15) is 5.26 Å². The van der Waals surface area contributed by atoms with Crippen molar-refractivity contribution in [3.05, 3.63) is 0 Å². The summed E-state index contributed by atoms with van der Waals surface area (Å²) in [6, 6.07) is 2.69. The lowest BCUT2D eigenvalue weighted by atomic mass is 9.96. The number of rotatable bonds is 14. The first-order valence-corrected chi connectivity index (χ1v) is 7.87. The van der Waals surface area contributed by atoms with Crippen LogP contribution in [0.4, 0.5) is 0 Å². The summed E-state index contributed by atoms with van der Waals surface area (Å²) >= 11 is 0. The summed E-state index contributed by atoms with van der Waals surface area (Å²) in [7, 11) is 1.67. The Kier molecular flexibility index (Phi) is 12.6. The van der Waals surface area contributed by atoms with Crippen molar-refractivity contribution in [3.8, 4) is 6.07 Å². The van der Waals surface area contributed by atoms with E-state index in [2.05, 4.69) is 25.2 Å². The van der Waals surface area contributed by atoms with E-state index in [1.165, 1.54) is 0 Å². The van der Waals surface area contributed by atoms with Gasteiger partial charge in [0.2, 0.25) is 0 Å². The molecule has 0 saturated carbocycles. The summed E-state index contributed by atoms with van der Waals surface area (Å²) in [5, 5.41) is 12.5. The van der Waals surface area contributed by atoms with Crippen molar-refractivity contribution < 1.29 is 14.2 Å². The Balaban J connectivity index is 3.41. The van der Waals surface area contributed by atoms with Gasteiger partial charge < -0.3 is 14.2 Å². The fourth-order valence-corrected chi connectivity index (χ4v) is 2.09. The molecule has 0 bridgehead atoms. The highest BCUT2D eigenvalue weighted by molar-refractivity contribution is 5.04. The molecule has 1 N–H and O–H groups in total. The molecule has 5 heteroatoms. The zero-order valence-corrected chi connectivity index (χ0v) is 14.1. The average Bonchev–Trinajstić information content (AvgIpc) is 2.44. The molecule has 0 aromatic heterocycles. The monoisotopic (exact) mass is 300 g/mol. The zero-order chi connectivity index (χ0) is 16.0. The molecule has 0 radical (unpaired) electrons. The molecular weight excluding hydrogens is 268 g/mol. The minimum absolute atomic E-state index is 0.323. The van der Waals surface area contributed by atoms with Gasteiger partial charge in [0.15, 0.2) is 0 Å². The third-order valence-electron chi connectivity index (χ3n) is 3.08. The Hall–Kier alpha value is -0.670. The van der Waals surface area contributed by atoms with Crippen LogP contribution < -0.4 is 5.32 Å². The van der Waals surface area contributed by atoms with Gasteiger partial charge in [-0.05, 0) is 46.5 Å². The topological polar surface area (TPSA) is 63.5 Å². The first-order valence-electron chi connectivity index (χ1n) is 7.87. The minimum Gasteiger partial charge on any atom is -0.382 e. The van der Waals surface area contributed by atoms with Crippen LogP contribution in [0.1, 0.15) is 46.5 Å². The smallest absolute Gasteiger partial charge is 0.104 e. The minimum atomic E-state index is -0.427. The van der Waals surface area contributed by atoms with Crippen LogP contribution in [0.3, 0.4) is 0 Å². The molecule has 0 aromatic rings. The fourth-order valence-electron chi connectivity index (χ4n) is 2.09. The molecule has 5 nitrogen and oxygen atoms in total. The van der Waals surface area contributed by atoms with E-state index in [4.69, 9.17) is 14.2 Å². The van der Waals surface area contributed by atoms with Crippen LogP contribution in [0.25, 0.3) is 0 Å². The number of hydrogen-bond donors (Lipinski definition) is 1. The van der Waals surface area contributed by atoms with Crippen LogP contribution >= 0.6 is 0 Å². The molecule has 0 aromatic carbocycles. The SMILES string of the molecule is COCCOCCCOCCCCC(C)(C#N)NC(C)C. The highest BCUT2D eigenvalue weighted by Crippen LogP contribution is 2.13. The second-order valence-electron chi connectivity index (χ2n) is 5.77. The third-order valence-corrected chi connectivity index (χ3v) is 3.08. The number of nitrogens with zero attached hydrogens (tertiary/aromatic N) is 1. The first kappa shape index (κ1) is 20.3. The predicted molar refractivity (Wildman–Crippen MR) is 84.3 cm³/mol. The van der Waals surface area contributed by atoms with E-state index in [-0.39, 0.29) is 0 Å². The van der Waals surface area contributed by atoms with E-state index in [1.54, 1.807) is 7.11 Å². The van der Waals surface area contributed by atoms with Crippen LogP contribution in [0.15, 0.2) is 0 Å². The van der Waals surface area contributed by atoms with Gasteiger partial charge in [-0.25, -0.2) is 0 Å². The van der Waals surface area contributed by atoms with Gasteiger partial charge in [-0.15, -0.1) is 0 Å². The lowest BCUT2D eigenvalue weighted by molar-refractivity contribution is 0.0507. The number of nitriles is 1. The zero-order valence-electron chi connectivity index (χ0n) is 14.1. The van der Waals surface area contributed by atoms with Crippen molar-refractivity contribution in [3.63, 3.8) is 0 Å². The van der Waals surface area contributed by atoms with Crippen molar-refractivity contribution in [2.45, 2.75) is 58.0 Å². The molecule has 0 aliphatic carbocycles. The largest absolute Gasteiger partial charge is 0.382 e. The summed E-state index contributed by atoms with van der Waals surface area (Å²) in [6.45, 7) is 9.57. The van der Waals surface area contributed by atoms with E-state index in [1.807, 2.05) is 6.92 Å². The van der Waals surface area contributed by atoms with Gasteiger partial charge in [0.05, 0.1) is 19.3 Å². The molecular formula is C16H32N2O3. The van der Waals surface area contributed by atoms with E-state index < -0.39 is 5.54 Å². The van der Waals surface area contributed by atoms with Crippen LogP contribution in [0.2, 0.25) is 0 Å². The molecule has 1 unspecified atom stereocenters. The second-order valence-corrected chi connectivity index (χ2v) is 5.77. The summed E-state index contributed by atoms with van der Waals surface area (Å²) in [6.07, 6.45) is 3.75. The van der Waals surface area contributed by atoms with Crippen molar-refractivity contribution in [2.75, 3.05) is 40.1 Å². The molecule has 0 rings (SSSR count). The van der Waals surface area contributed by atoms with E-state index in [0.717, 1.165) is 38.9 Å². The Morgan fingerprint density at radius 2 is 1.62 bits per heavy atom. The van der Waals surface area contributed by atoms with Crippen LogP contribution in [0.5, 0.6) is 0 Å². The number of unbranched alkanes of at least 4 members (excludes halogenated alkanes) is 1. The number of ether oxygens (including phenoxy) is 3. The maximum absolute atomic E-state index is 9.23. The van der Waals surface area contributed by atoms with E-state index in [9.17, 15) is 5.26 Å². The Bertz CT molecular complexity index is 279. The quantitative estimate of drug-likeness (QED) is 0.499. The lowest BCUT2D eigenvalue weighted by Crippen LogP contribution is -2.44. The van der Waals surface area contributed by atoms with Crippen LogP contribution in [-0.2, 0) is 14.2 Å². The molecule has 0 aliphatic heterocycles. The van der Waals surface area contributed by atoms with Crippen molar-refractivity contribution in [2.24, 2.45) is 0 Å². The molecule has 0 saturated heterocycles. The van der Waals surface area contributed by atoms with Gasteiger partial charge in [0, 0.05) is 33.0 Å². The Labute approximate surface area is 129 Å². The highest BCUT2D eigenvalue weighted by Gasteiger charge is 2.23. The van der Waals surface area contributed by atoms with E-state index >= 15 is 0 Å². The summed E-state index contributed by atoms with van der Waals surface area (Å²) in [4.78, 5) is 0. The first-order chi connectivity index (χ1) is 10.0. The molecule has 0 amide bonds. The van der Waals surface area contributed by atoms with Crippen molar-refractivity contribution in [1.29, 1.82) is 5.26 Å². The third kappa shape index (κ3) is 12.8. The number of hydrogen-bond acceptors (Lipinski definition) is 5. The van der Waals surface area contributed by atoms with Crippen LogP contribution in [-0.4, -0.2) is 51.7 Å². The summed E-state index contributed by atoms with van der Waals surface area (Å²) in [5.41, 5.74) is -0.427. The highest BCUT2D eigenvalue weighted by atomic mass is 16.5. The standard InChI is InChI=1S/C16H32N2O3/c1-15(2)18-16(3,14-17)8-5-6-9-20-10-7-11-21-13-12-19-4/h15,18H,5-13H2,1-4H3. The molecule has 0 fully saturated rings. The molecule has 21 heavy (non-hydrogen) atoms.